The third-order valence-corrected chi connectivity index (χ3v) is 5.06. The lowest BCUT2D eigenvalue weighted by molar-refractivity contribution is 0.0565. The van der Waals surface area contributed by atoms with E-state index < -0.39 is 32.2 Å². The van der Waals surface area contributed by atoms with E-state index in [1.807, 2.05) is 30.3 Å². The molecular weight excluding hydrogens is 336 g/mol. The molecule has 0 aliphatic heterocycles. The van der Waals surface area contributed by atoms with Gasteiger partial charge in [0.2, 0.25) is 10.0 Å². The number of hydrogen-bond donors (Lipinski definition) is 2. The molecule has 130 valence electrons. The van der Waals surface area contributed by atoms with Crippen molar-refractivity contribution in [2.75, 3.05) is 6.54 Å². The zero-order valence-corrected chi connectivity index (χ0v) is 14.0. The third-order valence-electron chi connectivity index (χ3n) is 3.62. The van der Waals surface area contributed by atoms with Gasteiger partial charge in [-0.05, 0) is 37.5 Å². The molecule has 1 unspecified atom stereocenters. The fraction of sp³-hybridized carbons (Fsp3) is 0.294. The Labute approximate surface area is 140 Å². The standard InChI is InChI=1S/C17H19F2NO3S/c1-17(21,10-9-13-5-3-2-4-6-13)12-20-24(22,23)16-8-7-14(18)11-15(16)19/h2-8,11,20-21H,9-10,12H2,1H3. The van der Waals surface area contributed by atoms with E-state index in [2.05, 4.69) is 4.72 Å². The quantitative estimate of drug-likeness (QED) is 0.802. The maximum absolute atomic E-state index is 13.6. The Morgan fingerprint density at radius 1 is 1.12 bits per heavy atom. The second-order valence-electron chi connectivity index (χ2n) is 5.88. The van der Waals surface area contributed by atoms with Gasteiger partial charge < -0.3 is 5.11 Å². The highest BCUT2D eigenvalue weighted by Gasteiger charge is 2.26. The van der Waals surface area contributed by atoms with Gasteiger partial charge in [-0.3, -0.25) is 0 Å². The van der Waals surface area contributed by atoms with Crippen LogP contribution in [0.2, 0.25) is 0 Å². The molecule has 0 saturated heterocycles. The monoisotopic (exact) mass is 355 g/mol. The smallest absolute Gasteiger partial charge is 0.243 e. The highest BCUT2D eigenvalue weighted by molar-refractivity contribution is 7.89. The van der Waals surface area contributed by atoms with Crippen LogP contribution in [0, 0.1) is 11.6 Å². The van der Waals surface area contributed by atoms with Crippen LogP contribution in [-0.2, 0) is 16.4 Å². The lowest BCUT2D eigenvalue weighted by atomic mass is 9.97. The molecular formula is C17H19F2NO3S. The van der Waals surface area contributed by atoms with Gasteiger partial charge in [0.15, 0.2) is 0 Å². The van der Waals surface area contributed by atoms with E-state index in [-0.39, 0.29) is 6.54 Å². The second kappa shape index (κ2) is 7.38. The molecule has 2 aromatic rings. The summed E-state index contributed by atoms with van der Waals surface area (Å²) in [6.07, 6.45) is 0.895. The highest BCUT2D eigenvalue weighted by Crippen LogP contribution is 2.18. The summed E-state index contributed by atoms with van der Waals surface area (Å²) in [5, 5.41) is 10.3. The summed E-state index contributed by atoms with van der Waals surface area (Å²) < 4.78 is 52.9. The number of aliphatic hydroxyl groups is 1. The summed E-state index contributed by atoms with van der Waals surface area (Å²) in [4.78, 5) is -0.650. The van der Waals surface area contributed by atoms with Gasteiger partial charge in [-0.2, -0.15) is 0 Å². The summed E-state index contributed by atoms with van der Waals surface area (Å²) in [5.74, 6) is -2.03. The summed E-state index contributed by atoms with van der Waals surface area (Å²) in [6, 6.07) is 11.7. The first-order chi connectivity index (χ1) is 11.2. The molecule has 0 bridgehead atoms. The predicted molar refractivity (Wildman–Crippen MR) is 86.9 cm³/mol. The van der Waals surface area contributed by atoms with Crippen molar-refractivity contribution in [3.63, 3.8) is 0 Å². The van der Waals surface area contributed by atoms with Crippen LogP contribution in [-0.4, -0.2) is 25.7 Å². The van der Waals surface area contributed by atoms with Crippen LogP contribution in [0.1, 0.15) is 18.9 Å². The SMILES string of the molecule is CC(O)(CCc1ccccc1)CNS(=O)(=O)c1ccc(F)cc1F. The normalized spacial score (nSPS) is 14.3. The molecule has 0 aliphatic carbocycles. The molecule has 0 saturated carbocycles. The molecule has 1 atom stereocenters. The molecule has 7 heteroatoms. The van der Waals surface area contributed by atoms with Crippen molar-refractivity contribution in [3.05, 3.63) is 65.7 Å². The van der Waals surface area contributed by atoms with Crippen LogP contribution in [0.5, 0.6) is 0 Å². The van der Waals surface area contributed by atoms with Crippen molar-refractivity contribution in [1.82, 2.24) is 4.72 Å². The van der Waals surface area contributed by atoms with Gasteiger partial charge in [0, 0.05) is 12.6 Å². The summed E-state index contributed by atoms with van der Waals surface area (Å²) in [6.45, 7) is 1.22. The van der Waals surface area contributed by atoms with E-state index in [1.165, 1.54) is 6.92 Å². The maximum Gasteiger partial charge on any atom is 0.243 e. The fourth-order valence-corrected chi connectivity index (χ4v) is 3.39. The lowest BCUT2D eigenvalue weighted by Gasteiger charge is -2.23. The topological polar surface area (TPSA) is 66.4 Å². The molecule has 0 fully saturated rings. The first-order valence-corrected chi connectivity index (χ1v) is 8.89. The van der Waals surface area contributed by atoms with Crippen LogP contribution < -0.4 is 4.72 Å². The van der Waals surface area contributed by atoms with E-state index in [0.29, 0.717) is 18.9 Å². The number of nitrogens with one attached hydrogen (secondary N) is 1. The van der Waals surface area contributed by atoms with Crippen LogP contribution in [0.3, 0.4) is 0 Å². The fourth-order valence-electron chi connectivity index (χ4n) is 2.17. The molecule has 24 heavy (non-hydrogen) atoms. The molecule has 4 nitrogen and oxygen atoms in total. The first-order valence-electron chi connectivity index (χ1n) is 7.41. The molecule has 0 aliphatic rings. The molecule has 2 N–H and O–H groups in total. The highest BCUT2D eigenvalue weighted by atomic mass is 32.2. The Morgan fingerprint density at radius 2 is 1.79 bits per heavy atom. The summed E-state index contributed by atoms with van der Waals surface area (Å²) in [7, 11) is -4.18. The van der Waals surface area contributed by atoms with Gasteiger partial charge in [0.1, 0.15) is 16.5 Å². The van der Waals surface area contributed by atoms with Crippen LogP contribution in [0.4, 0.5) is 8.78 Å². The number of rotatable bonds is 7. The van der Waals surface area contributed by atoms with Gasteiger partial charge in [0.25, 0.3) is 0 Å². The Hall–Kier alpha value is -1.83. The molecule has 2 aromatic carbocycles. The molecule has 0 aromatic heterocycles. The first kappa shape index (κ1) is 18.5. The molecule has 2 rings (SSSR count). The van der Waals surface area contributed by atoms with Crippen molar-refractivity contribution in [2.45, 2.75) is 30.3 Å². The Bertz CT molecular complexity index is 793. The molecule has 0 amide bonds. The van der Waals surface area contributed by atoms with Gasteiger partial charge in [-0.1, -0.05) is 30.3 Å². The van der Waals surface area contributed by atoms with Crippen LogP contribution in [0.25, 0.3) is 0 Å². The van der Waals surface area contributed by atoms with Crippen molar-refractivity contribution in [1.29, 1.82) is 0 Å². The summed E-state index contributed by atoms with van der Waals surface area (Å²) >= 11 is 0. The van der Waals surface area contributed by atoms with Gasteiger partial charge in [0.05, 0.1) is 5.60 Å². The van der Waals surface area contributed by atoms with E-state index in [4.69, 9.17) is 0 Å². The van der Waals surface area contributed by atoms with E-state index in [9.17, 15) is 22.3 Å². The number of aryl methyl sites for hydroxylation is 1. The van der Waals surface area contributed by atoms with Gasteiger partial charge in [-0.25, -0.2) is 21.9 Å². The molecule has 0 heterocycles. The third kappa shape index (κ3) is 5.09. The largest absolute Gasteiger partial charge is 0.389 e. The van der Waals surface area contributed by atoms with E-state index in [1.54, 1.807) is 0 Å². The Balaban J connectivity index is 1.99. The molecule has 0 spiro atoms. The van der Waals surface area contributed by atoms with Crippen molar-refractivity contribution < 1.29 is 22.3 Å². The minimum absolute atomic E-state index is 0.279. The lowest BCUT2D eigenvalue weighted by Crippen LogP contribution is -2.41. The van der Waals surface area contributed by atoms with Crippen molar-refractivity contribution in [2.24, 2.45) is 0 Å². The van der Waals surface area contributed by atoms with Crippen LogP contribution >= 0.6 is 0 Å². The zero-order chi connectivity index (χ0) is 17.8. The Kier molecular flexibility index (Phi) is 5.69. The number of benzene rings is 2. The van der Waals surface area contributed by atoms with Crippen molar-refractivity contribution >= 4 is 10.0 Å². The zero-order valence-electron chi connectivity index (χ0n) is 13.2. The summed E-state index contributed by atoms with van der Waals surface area (Å²) in [5.41, 5.74) is -0.287. The van der Waals surface area contributed by atoms with Gasteiger partial charge in [-0.15, -0.1) is 0 Å². The molecule has 0 radical (unpaired) electrons. The average Bonchev–Trinajstić information content (AvgIpc) is 2.52. The minimum atomic E-state index is -4.18. The van der Waals surface area contributed by atoms with Crippen molar-refractivity contribution in [3.8, 4) is 0 Å². The number of halogens is 2. The average molecular weight is 355 g/mol. The van der Waals surface area contributed by atoms with E-state index in [0.717, 1.165) is 17.7 Å². The second-order valence-corrected chi connectivity index (χ2v) is 7.62. The maximum atomic E-state index is 13.6. The predicted octanol–water partition coefficient (Wildman–Crippen LogP) is 2.63. The number of sulfonamides is 1. The van der Waals surface area contributed by atoms with Gasteiger partial charge >= 0.3 is 0 Å². The Morgan fingerprint density at radius 3 is 2.42 bits per heavy atom. The number of hydrogen-bond acceptors (Lipinski definition) is 3. The van der Waals surface area contributed by atoms with Crippen LogP contribution in [0.15, 0.2) is 53.4 Å². The minimum Gasteiger partial charge on any atom is -0.389 e. The van der Waals surface area contributed by atoms with E-state index >= 15 is 0 Å².